The van der Waals surface area contributed by atoms with Gasteiger partial charge in [-0.3, -0.25) is 4.79 Å². The molecule has 0 bridgehead atoms. The van der Waals surface area contributed by atoms with Gasteiger partial charge in [-0.05, 0) is 29.5 Å². The lowest BCUT2D eigenvalue weighted by atomic mass is 9.81. The molecule has 0 aromatic heterocycles. The molecular weight excluding hydrogens is 340 g/mol. The Morgan fingerprint density at radius 3 is 2.04 bits per heavy atom. The molecule has 1 amide bonds. The summed E-state index contributed by atoms with van der Waals surface area (Å²) in [5, 5.41) is 0. The molecule has 3 rings (SSSR count). The number of benzene rings is 2. The Hall–Kier alpha value is -2.30. The summed E-state index contributed by atoms with van der Waals surface area (Å²) in [7, 11) is 0. The Kier molecular flexibility index (Phi) is 5.96. The molecule has 0 saturated heterocycles. The molecular formula is C22H24N2OS. The van der Waals surface area contributed by atoms with Crippen LogP contribution in [0.25, 0.3) is 0 Å². The third-order valence-corrected chi connectivity index (χ3v) is 6.27. The van der Waals surface area contributed by atoms with E-state index in [1.54, 1.807) is 11.8 Å². The summed E-state index contributed by atoms with van der Waals surface area (Å²) >= 11 is 1.67. The van der Waals surface area contributed by atoms with Gasteiger partial charge >= 0.3 is 0 Å². The van der Waals surface area contributed by atoms with Crippen LogP contribution in [0.1, 0.15) is 24.0 Å². The van der Waals surface area contributed by atoms with Crippen LogP contribution in [-0.2, 0) is 9.54 Å². The second-order valence-electron chi connectivity index (χ2n) is 6.37. The number of thioether (sulfide) groups is 1. The van der Waals surface area contributed by atoms with Crippen LogP contribution in [0.3, 0.4) is 0 Å². The molecule has 0 spiro atoms. The van der Waals surface area contributed by atoms with Gasteiger partial charge in [0, 0.05) is 5.75 Å². The van der Waals surface area contributed by atoms with E-state index in [4.69, 9.17) is 11.5 Å². The highest BCUT2D eigenvalue weighted by Crippen LogP contribution is 2.50. The molecule has 1 aliphatic rings. The van der Waals surface area contributed by atoms with Crippen LogP contribution in [0.4, 0.5) is 0 Å². The van der Waals surface area contributed by atoms with E-state index in [1.807, 2.05) is 12.1 Å². The van der Waals surface area contributed by atoms with Crippen molar-refractivity contribution in [3.8, 4) is 0 Å². The molecule has 0 unspecified atom stereocenters. The summed E-state index contributed by atoms with van der Waals surface area (Å²) in [5.41, 5.74) is 15.0. The van der Waals surface area contributed by atoms with E-state index in [2.05, 4.69) is 66.8 Å². The predicted molar refractivity (Wildman–Crippen MR) is 110 cm³/mol. The van der Waals surface area contributed by atoms with Crippen LogP contribution in [0.2, 0.25) is 0 Å². The Labute approximate surface area is 159 Å². The second-order valence-corrected chi connectivity index (χ2v) is 7.61. The van der Waals surface area contributed by atoms with Gasteiger partial charge in [-0.1, -0.05) is 78.9 Å². The first kappa shape index (κ1) is 18.5. The lowest BCUT2D eigenvalue weighted by Crippen LogP contribution is -2.40. The van der Waals surface area contributed by atoms with Gasteiger partial charge in [-0.25, -0.2) is 0 Å². The van der Waals surface area contributed by atoms with Gasteiger partial charge in [-0.15, -0.1) is 11.8 Å². The first-order chi connectivity index (χ1) is 12.6. The van der Waals surface area contributed by atoms with Gasteiger partial charge in [-0.2, -0.15) is 0 Å². The minimum Gasteiger partial charge on any atom is -0.368 e. The van der Waals surface area contributed by atoms with E-state index in [1.165, 1.54) is 16.7 Å². The molecule has 0 aliphatic heterocycles. The minimum atomic E-state index is -0.681. The van der Waals surface area contributed by atoms with Gasteiger partial charge < -0.3 is 11.5 Å². The summed E-state index contributed by atoms with van der Waals surface area (Å²) in [4.78, 5) is 11.5. The molecule has 3 nitrogen and oxygen atoms in total. The zero-order valence-electron chi connectivity index (χ0n) is 14.7. The fourth-order valence-electron chi connectivity index (χ4n) is 3.27. The van der Waals surface area contributed by atoms with Crippen molar-refractivity contribution < 1.29 is 4.79 Å². The fourth-order valence-corrected chi connectivity index (χ4v) is 4.78. The number of carbonyl (C=O) groups is 1. The maximum atomic E-state index is 11.5. The van der Waals surface area contributed by atoms with E-state index in [0.29, 0.717) is 5.75 Å². The Morgan fingerprint density at radius 1 is 1.00 bits per heavy atom. The average molecular weight is 365 g/mol. The summed E-state index contributed by atoms with van der Waals surface area (Å²) in [6, 6.07) is 20.1. The van der Waals surface area contributed by atoms with Gasteiger partial charge in [0.15, 0.2) is 0 Å². The molecule has 134 valence electrons. The third kappa shape index (κ3) is 3.76. The Morgan fingerprint density at radius 2 is 1.58 bits per heavy atom. The van der Waals surface area contributed by atoms with Crippen molar-refractivity contribution in [2.24, 2.45) is 11.5 Å². The Bertz CT molecular complexity index is 760. The van der Waals surface area contributed by atoms with Crippen LogP contribution >= 0.6 is 11.8 Å². The highest BCUT2D eigenvalue weighted by molar-refractivity contribution is 8.00. The smallest absolute Gasteiger partial charge is 0.235 e. The van der Waals surface area contributed by atoms with Crippen LogP contribution in [0, 0.1) is 0 Å². The van der Waals surface area contributed by atoms with E-state index in [9.17, 15) is 4.79 Å². The standard InChI is InChI=1S/C22H24N2OS/c23-20(21(24)25)16-26-22(17-10-4-1-5-11-17,18-12-6-2-7-13-18)19-14-8-3-9-15-19/h1-2,4-8,10-15,20H,3,9,16,23H2,(H2,24,25)/t20-/m0/s1. The molecule has 1 aliphatic carbocycles. The lowest BCUT2D eigenvalue weighted by molar-refractivity contribution is -0.118. The zero-order chi connectivity index (χ0) is 18.4. The SMILES string of the molecule is NC(=O)[C@@H](N)CSC(C1=CCCC=C1)(c1ccccc1)c1ccccc1. The van der Waals surface area contributed by atoms with Crippen LogP contribution in [0.15, 0.2) is 84.5 Å². The van der Waals surface area contributed by atoms with Gasteiger partial charge in [0.1, 0.15) is 0 Å². The molecule has 4 N–H and O–H groups in total. The number of amides is 1. The van der Waals surface area contributed by atoms with Crippen LogP contribution < -0.4 is 11.5 Å². The number of allylic oxidation sites excluding steroid dienone is 3. The molecule has 0 radical (unpaired) electrons. The first-order valence-corrected chi connectivity index (χ1v) is 9.80. The van der Waals surface area contributed by atoms with Crippen molar-refractivity contribution in [3.05, 3.63) is 95.6 Å². The maximum absolute atomic E-state index is 11.5. The van der Waals surface area contributed by atoms with Crippen molar-refractivity contribution in [1.29, 1.82) is 0 Å². The number of hydrogen-bond donors (Lipinski definition) is 2. The third-order valence-electron chi connectivity index (χ3n) is 4.61. The molecule has 0 saturated carbocycles. The maximum Gasteiger partial charge on any atom is 0.235 e. The van der Waals surface area contributed by atoms with Gasteiger partial charge in [0.2, 0.25) is 5.91 Å². The summed E-state index contributed by atoms with van der Waals surface area (Å²) in [6.07, 6.45) is 8.77. The predicted octanol–water partition coefficient (Wildman–Crippen LogP) is 3.75. The number of carbonyl (C=O) groups excluding carboxylic acids is 1. The average Bonchev–Trinajstić information content (AvgIpc) is 2.70. The first-order valence-electron chi connectivity index (χ1n) is 8.81. The number of rotatable bonds is 7. The number of nitrogens with two attached hydrogens (primary N) is 2. The van der Waals surface area contributed by atoms with Crippen molar-refractivity contribution >= 4 is 17.7 Å². The lowest BCUT2D eigenvalue weighted by Gasteiger charge is -2.37. The van der Waals surface area contributed by atoms with E-state index >= 15 is 0 Å². The molecule has 2 aromatic carbocycles. The molecule has 0 heterocycles. The van der Waals surface area contributed by atoms with Gasteiger partial charge in [0.05, 0.1) is 10.8 Å². The molecule has 2 aromatic rings. The normalized spacial score (nSPS) is 15.3. The highest BCUT2D eigenvalue weighted by Gasteiger charge is 2.38. The summed E-state index contributed by atoms with van der Waals surface area (Å²) in [5.74, 6) is -0.0229. The largest absolute Gasteiger partial charge is 0.368 e. The monoisotopic (exact) mass is 364 g/mol. The quantitative estimate of drug-likeness (QED) is 0.786. The van der Waals surface area contributed by atoms with Crippen molar-refractivity contribution in [2.75, 3.05) is 5.75 Å². The van der Waals surface area contributed by atoms with Crippen molar-refractivity contribution in [2.45, 2.75) is 23.6 Å². The zero-order valence-corrected chi connectivity index (χ0v) is 15.5. The van der Waals surface area contributed by atoms with E-state index in [-0.39, 0.29) is 0 Å². The second kappa shape index (κ2) is 8.39. The van der Waals surface area contributed by atoms with Crippen LogP contribution in [-0.4, -0.2) is 17.7 Å². The molecule has 4 heteroatoms. The number of primary amides is 1. The summed E-state index contributed by atoms with van der Waals surface area (Å²) < 4.78 is -0.424. The fraction of sp³-hybridized carbons (Fsp3) is 0.227. The van der Waals surface area contributed by atoms with E-state index in [0.717, 1.165) is 12.8 Å². The van der Waals surface area contributed by atoms with Crippen LogP contribution in [0.5, 0.6) is 0 Å². The highest BCUT2D eigenvalue weighted by atomic mass is 32.2. The molecule has 1 atom stereocenters. The molecule has 26 heavy (non-hydrogen) atoms. The number of hydrogen-bond acceptors (Lipinski definition) is 3. The minimum absolute atomic E-state index is 0.424. The van der Waals surface area contributed by atoms with Crippen molar-refractivity contribution in [3.63, 3.8) is 0 Å². The molecule has 0 fully saturated rings. The van der Waals surface area contributed by atoms with Gasteiger partial charge in [0.25, 0.3) is 0 Å². The summed E-state index contributed by atoms with van der Waals surface area (Å²) in [6.45, 7) is 0. The topological polar surface area (TPSA) is 69.1 Å². The Balaban J connectivity index is 2.15. The van der Waals surface area contributed by atoms with E-state index < -0.39 is 16.7 Å². The van der Waals surface area contributed by atoms with Crippen molar-refractivity contribution in [1.82, 2.24) is 0 Å².